The molecule has 0 atom stereocenters. The minimum atomic E-state index is -0.639. The largest absolute Gasteiger partial charge is 0.490 e. The molecule has 17 heteroatoms. The number of morpholine rings is 1. The van der Waals surface area contributed by atoms with E-state index in [2.05, 4.69) is 25.6 Å². The van der Waals surface area contributed by atoms with E-state index in [1.807, 2.05) is 61.8 Å². The van der Waals surface area contributed by atoms with Crippen molar-refractivity contribution in [3.63, 3.8) is 0 Å². The fourth-order valence-electron chi connectivity index (χ4n) is 6.76. The number of carbonyl (C=O) groups is 3. The predicted molar refractivity (Wildman–Crippen MR) is 209 cm³/mol. The third-order valence-corrected chi connectivity index (χ3v) is 9.49. The highest BCUT2D eigenvalue weighted by Crippen LogP contribution is 2.32. The lowest BCUT2D eigenvalue weighted by atomic mass is 10.1. The fraction of sp³-hybridized carbons (Fsp3) is 0.359. The Morgan fingerprint density at radius 3 is 2.38 bits per heavy atom. The lowest BCUT2D eigenvalue weighted by molar-refractivity contribution is 0.0323. The van der Waals surface area contributed by atoms with Crippen LogP contribution in [0.1, 0.15) is 62.5 Å². The van der Waals surface area contributed by atoms with Gasteiger partial charge in [-0.1, -0.05) is 31.2 Å². The van der Waals surface area contributed by atoms with Gasteiger partial charge >= 0.3 is 0 Å². The summed E-state index contributed by atoms with van der Waals surface area (Å²) < 4.78 is 22.9. The number of nitrogens with zero attached hydrogens (tertiary/aromatic N) is 8. The first-order valence-electron chi connectivity index (χ1n) is 18.6. The van der Waals surface area contributed by atoms with Crippen molar-refractivity contribution in [2.24, 2.45) is 5.73 Å². The number of imidazole rings is 2. The maximum Gasteiger partial charge on any atom is 0.295 e. The lowest BCUT2D eigenvalue weighted by Crippen LogP contribution is -2.38. The van der Waals surface area contributed by atoms with Gasteiger partial charge in [-0.3, -0.25) is 34.6 Å². The van der Waals surface area contributed by atoms with E-state index in [9.17, 15) is 14.4 Å². The van der Waals surface area contributed by atoms with Gasteiger partial charge in [0.15, 0.2) is 5.89 Å². The van der Waals surface area contributed by atoms with Crippen LogP contribution in [0.2, 0.25) is 0 Å². The molecule has 3 amide bonds. The van der Waals surface area contributed by atoms with Gasteiger partial charge in [0.2, 0.25) is 23.6 Å². The number of allylic oxidation sites excluding steroid dienone is 2. The average molecular weight is 764 g/mol. The number of anilines is 2. The highest BCUT2D eigenvalue weighted by atomic mass is 16.5. The molecular weight excluding hydrogens is 718 g/mol. The van der Waals surface area contributed by atoms with E-state index < -0.39 is 11.8 Å². The molecular formula is C39H45N11O6. The summed E-state index contributed by atoms with van der Waals surface area (Å²) in [5, 5.41) is 10.3. The van der Waals surface area contributed by atoms with E-state index >= 15 is 0 Å². The summed E-state index contributed by atoms with van der Waals surface area (Å²) in [7, 11) is 0. The number of nitrogens with two attached hydrogens (primary N) is 1. The van der Waals surface area contributed by atoms with Crippen molar-refractivity contribution in [2.75, 3.05) is 50.1 Å². The Morgan fingerprint density at radius 2 is 1.62 bits per heavy atom. The molecule has 4 N–H and O–H groups in total. The van der Waals surface area contributed by atoms with Crippen LogP contribution < -0.4 is 21.1 Å². The standard InChI is InChI=1S/C39H45N11O6/c1-5-27-34(56-25(4)41-27)37(53)45-39-43-29-22-26(35(40)51)23-32(55-20-17-47-15-18-54-19-16-47)33(29)49(39)14-10-9-13-48-30-12-8-7-11-28(30)42-38(48)44-36(52)31-21-24(3)46-50(31)6-2/h7-12,21-23H,5-6,13-20H2,1-4H3,(H2,40,51)(H,42,44,52)(H,43,45,53). The van der Waals surface area contributed by atoms with Gasteiger partial charge in [-0.25, -0.2) is 15.0 Å². The van der Waals surface area contributed by atoms with Gasteiger partial charge in [-0.05, 0) is 50.6 Å². The van der Waals surface area contributed by atoms with Crippen molar-refractivity contribution >= 4 is 51.7 Å². The molecule has 1 saturated heterocycles. The smallest absolute Gasteiger partial charge is 0.295 e. The van der Waals surface area contributed by atoms with Gasteiger partial charge in [0.1, 0.15) is 23.6 Å². The molecule has 7 rings (SSSR count). The summed E-state index contributed by atoms with van der Waals surface area (Å²) in [5.74, 6) is -0.0264. The van der Waals surface area contributed by atoms with Gasteiger partial charge in [0.25, 0.3) is 11.8 Å². The van der Waals surface area contributed by atoms with Gasteiger partial charge in [0, 0.05) is 51.8 Å². The Morgan fingerprint density at radius 1 is 0.911 bits per heavy atom. The molecule has 0 saturated carbocycles. The number of benzene rings is 2. The van der Waals surface area contributed by atoms with Crippen LogP contribution in [0.3, 0.4) is 0 Å². The molecule has 1 aliphatic heterocycles. The summed E-state index contributed by atoms with van der Waals surface area (Å²) in [5.41, 5.74) is 10.2. The van der Waals surface area contributed by atoms with Crippen molar-refractivity contribution in [3.8, 4) is 5.75 Å². The number of nitrogens with one attached hydrogen (secondary N) is 2. The van der Waals surface area contributed by atoms with Crippen LogP contribution in [-0.2, 0) is 30.8 Å². The van der Waals surface area contributed by atoms with Gasteiger partial charge in [-0.15, -0.1) is 0 Å². The minimum absolute atomic E-state index is 0.0951. The number of fused-ring (bicyclic) bond motifs is 2. The molecule has 56 heavy (non-hydrogen) atoms. The van der Waals surface area contributed by atoms with E-state index in [1.165, 1.54) is 0 Å². The molecule has 2 aromatic carbocycles. The number of para-hydroxylation sites is 2. The summed E-state index contributed by atoms with van der Waals surface area (Å²) in [4.78, 5) is 55.6. The molecule has 0 spiro atoms. The predicted octanol–water partition coefficient (Wildman–Crippen LogP) is 4.34. The Hall–Kier alpha value is -6.33. The molecule has 5 heterocycles. The Balaban J connectivity index is 1.21. The molecule has 0 bridgehead atoms. The number of aromatic nitrogens is 7. The summed E-state index contributed by atoms with van der Waals surface area (Å²) in [6.45, 7) is 12.3. The highest BCUT2D eigenvalue weighted by molar-refractivity contribution is 6.04. The van der Waals surface area contributed by atoms with Crippen LogP contribution in [0.25, 0.3) is 22.1 Å². The molecule has 0 aliphatic carbocycles. The number of primary amides is 1. The third kappa shape index (κ3) is 8.04. The van der Waals surface area contributed by atoms with Gasteiger partial charge < -0.3 is 28.8 Å². The summed E-state index contributed by atoms with van der Waals surface area (Å²) in [6.07, 6.45) is 4.35. The third-order valence-electron chi connectivity index (χ3n) is 9.49. The fourth-order valence-corrected chi connectivity index (χ4v) is 6.76. The Labute approximate surface area is 322 Å². The van der Waals surface area contributed by atoms with E-state index in [1.54, 1.807) is 34.4 Å². The second-order valence-corrected chi connectivity index (χ2v) is 13.3. The maximum atomic E-state index is 13.6. The van der Waals surface area contributed by atoms with Gasteiger partial charge in [-0.2, -0.15) is 5.10 Å². The SMILES string of the molecule is CCc1nc(C)oc1C(=O)Nc1nc2cc(C(N)=O)cc(OCCN3CCOCC3)c2n1CC=CCn1c(NC(=O)c2cc(C)nn2CC)nc2ccccc21. The van der Waals surface area contributed by atoms with Crippen LogP contribution in [0.5, 0.6) is 5.75 Å². The van der Waals surface area contributed by atoms with Crippen molar-refractivity contribution in [1.29, 1.82) is 0 Å². The van der Waals surface area contributed by atoms with Crippen LogP contribution >= 0.6 is 0 Å². The number of aryl methyl sites for hydroxylation is 4. The molecule has 6 aromatic rings. The number of carbonyl (C=O) groups excluding carboxylic acids is 3. The quantitative estimate of drug-likeness (QED) is 0.126. The summed E-state index contributed by atoms with van der Waals surface area (Å²) in [6, 6.07) is 12.6. The second-order valence-electron chi connectivity index (χ2n) is 13.3. The zero-order valence-electron chi connectivity index (χ0n) is 31.9. The Bertz CT molecular complexity index is 2430. The second kappa shape index (κ2) is 16.6. The van der Waals surface area contributed by atoms with Crippen LogP contribution in [0.4, 0.5) is 11.9 Å². The zero-order valence-corrected chi connectivity index (χ0v) is 31.9. The van der Waals surface area contributed by atoms with Crippen molar-refractivity contribution < 1.29 is 28.3 Å². The molecule has 292 valence electrons. The molecule has 0 unspecified atom stereocenters. The van der Waals surface area contributed by atoms with E-state index in [0.29, 0.717) is 85.9 Å². The van der Waals surface area contributed by atoms with Gasteiger partial charge in [0.05, 0.1) is 41.2 Å². The van der Waals surface area contributed by atoms with E-state index in [0.717, 1.165) is 29.8 Å². The number of hydrogen-bond acceptors (Lipinski definition) is 11. The first-order valence-corrected chi connectivity index (χ1v) is 18.6. The molecule has 1 fully saturated rings. The summed E-state index contributed by atoms with van der Waals surface area (Å²) >= 11 is 0. The molecule has 1 aliphatic rings. The number of oxazole rings is 1. The number of ether oxygens (including phenoxy) is 2. The number of amides is 3. The molecule has 4 aromatic heterocycles. The normalized spacial score (nSPS) is 13.6. The van der Waals surface area contributed by atoms with E-state index in [-0.39, 0.29) is 29.7 Å². The Kier molecular flexibility index (Phi) is 11.2. The highest BCUT2D eigenvalue weighted by Gasteiger charge is 2.24. The van der Waals surface area contributed by atoms with Crippen molar-refractivity contribution in [3.05, 3.63) is 88.9 Å². The number of hydrogen-bond donors (Lipinski definition) is 3. The van der Waals surface area contributed by atoms with E-state index in [4.69, 9.17) is 29.6 Å². The van der Waals surface area contributed by atoms with Crippen molar-refractivity contribution in [2.45, 2.75) is 53.8 Å². The minimum Gasteiger partial charge on any atom is -0.490 e. The van der Waals surface area contributed by atoms with Crippen LogP contribution in [0.15, 0.2) is 59.0 Å². The van der Waals surface area contributed by atoms with Crippen molar-refractivity contribution in [1.82, 2.24) is 38.8 Å². The van der Waals surface area contributed by atoms with Crippen LogP contribution in [-0.4, -0.2) is 95.9 Å². The molecule has 17 nitrogen and oxygen atoms in total. The van der Waals surface area contributed by atoms with Crippen LogP contribution in [0, 0.1) is 13.8 Å². The molecule has 0 radical (unpaired) electrons. The number of rotatable bonds is 15. The monoisotopic (exact) mass is 763 g/mol. The lowest BCUT2D eigenvalue weighted by Gasteiger charge is -2.26. The first kappa shape index (κ1) is 38.0. The first-order chi connectivity index (χ1) is 27.1. The maximum absolute atomic E-state index is 13.6. The topological polar surface area (TPSA) is 202 Å². The average Bonchev–Trinajstić information content (AvgIpc) is 3.96. The zero-order chi connectivity index (χ0) is 39.3.